The molecule has 6 heteroatoms. The lowest BCUT2D eigenvalue weighted by Crippen LogP contribution is -2.36. The van der Waals surface area contributed by atoms with Crippen LogP contribution in [0.1, 0.15) is 36.1 Å². The Morgan fingerprint density at radius 1 is 1.43 bits per heavy atom. The van der Waals surface area contributed by atoms with Crippen LogP contribution in [0.4, 0.5) is 0 Å². The van der Waals surface area contributed by atoms with Crippen molar-refractivity contribution in [2.24, 2.45) is 17.6 Å². The Kier molecular flexibility index (Phi) is 6.42. The number of nitrogens with one attached hydrogen (secondary N) is 2. The van der Waals surface area contributed by atoms with Crippen LogP contribution in [0.3, 0.4) is 0 Å². The molecule has 0 aliphatic heterocycles. The minimum atomic E-state index is -0.121. The van der Waals surface area contributed by atoms with Crippen molar-refractivity contribution in [1.29, 1.82) is 0 Å². The Morgan fingerprint density at radius 3 is 2.76 bits per heavy atom. The van der Waals surface area contributed by atoms with Crippen LogP contribution in [0, 0.1) is 25.7 Å². The van der Waals surface area contributed by atoms with Crippen molar-refractivity contribution in [2.45, 2.75) is 39.7 Å². The molecule has 0 aromatic carbocycles. The second-order valence-corrected chi connectivity index (χ2v) is 5.69. The predicted octanol–water partition coefficient (Wildman–Crippen LogP) is 1.40. The number of H-pyrrole nitrogens is 1. The van der Waals surface area contributed by atoms with Crippen LogP contribution in [0.25, 0.3) is 0 Å². The van der Waals surface area contributed by atoms with Crippen molar-refractivity contribution in [3.8, 4) is 0 Å². The second kappa shape index (κ2) is 7.61. The van der Waals surface area contributed by atoms with Gasteiger partial charge in [-0.2, -0.15) is 0 Å². The van der Waals surface area contributed by atoms with Gasteiger partial charge in [-0.05, 0) is 50.8 Å². The average molecular weight is 314 g/mol. The standard InChI is InChI=1S/C15H23N3O2.ClH/c1-9-6-10(2)18-15(20)13(9)8-17-14(19)12-5-3-4-11(12)7-16;/h6,11-12H,3-5,7-8,16H2,1-2H3,(H,17,19)(H,18,20);1H/t11-,12-;/m1./s1. The molecule has 5 nitrogen and oxygen atoms in total. The number of aromatic nitrogens is 1. The van der Waals surface area contributed by atoms with Crippen molar-refractivity contribution >= 4 is 18.3 Å². The maximum absolute atomic E-state index is 12.2. The van der Waals surface area contributed by atoms with Crippen LogP contribution >= 0.6 is 12.4 Å². The minimum Gasteiger partial charge on any atom is -0.352 e. The van der Waals surface area contributed by atoms with E-state index < -0.39 is 0 Å². The Hall–Kier alpha value is -1.33. The molecule has 2 rings (SSSR count). The van der Waals surface area contributed by atoms with Gasteiger partial charge in [0.25, 0.3) is 5.56 Å². The Bertz CT molecular complexity index is 556. The summed E-state index contributed by atoms with van der Waals surface area (Å²) in [5.74, 6) is 0.314. The number of aromatic amines is 1. The Balaban J connectivity index is 0.00000220. The van der Waals surface area contributed by atoms with E-state index in [2.05, 4.69) is 10.3 Å². The van der Waals surface area contributed by atoms with Crippen LogP contribution in [0.15, 0.2) is 10.9 Å². The van der Waals surface area contributed by atoms with Gasteiger partial charge in [0.15, 0.2) is 0 Å². The van der Waals surface area contributed by atoms with Gasteiger partial charge in [0.05, 0.1) is 0 Å². The fourth-order valence-electron chi connectivity index (χ4n) is 3.07. The van der Waals surface area contributed by atoms with Crippen molar-refractivity contribution in [1.82, 2.24) is 10.3 Å². The number of pyridine rings is 1. The van der Waals surface area contributed by atoms with Crippen molar-refractivity contribution in [3.63, 3.8) is 0 Å². The molecule has 0 unspecified atom stereocenters. The number of aryl methyl sites for hydroxylation is 2. The molecule has 1 aromatic rings. The third-order valence-corrected chi connectivity index (χ3v) is 4.23. The molecule has 4 N–H and O–H groups in total. The molecule has 0 radical (unpaired) electrons. The number of carbonyl (C=O) groups is 1. The smallest absolute Gasteiger partial charge is 0.253 e. The van der Waals surface area contributed by atoms with E-state index in [1.54, 1.807) is 0 Å². The third kappa shape index (κ3) is 4.08. The number of rotatable bonds is 4. The number of hydrogen-bond acceptors (Lipinski definition) is 3. The summed E-state index contributed by atoms with van der Waals surface area (Å²) in [6.45, 7) is 4.58. The molecular weight excluding hydrogens is 290 g/mol. The summed E-state index contributed by atoms with van der Waals surface area (Å²) in [7, 11) is 0. The lowest BCUT2D eigenvalue weighted by atomic mass is 9.95. The molecule has 1 heterocycles. The fraction of sp³-hybridized carbons (Fsp3) is 0.600. The van der Waals surface area contributed by atoms with Crippen LogP contribution in [-0.4, -0.2) is 17.4 Å². The third-order valence-electron chi connectivity index (χ3n) is 4.23. The van der Waals surface area contributed by atoms with E-state index in [0.717, 1.165) is 30.5 Å². The highest BCUT2D eigenvalue weighted by Gasteiger charge is 2.31. The zero-order chi connectivity index (χ0) is 14.7. The van der Waals surface area contributed by atoms with E-state index >= 15 is 0 Å². The molecule has 21 heavy (non-hydrogen) atoms. The van der Waals surface area contributed by atoms with Gasteiger partial charge in [-0.25, -0.2) is 0 Å². The maximum atomic E-state index is 12.2. The van der Waals surface area contributed by atoms with E-state index in [4.69, 9.17) is 5.73 Å². The van der Waals surface area contributed by atoms with E-state index in [1.807, 2.05) is 19.9 Å². The van der Waals surface area contributed by atoms with Gasteiger partial charge in [-0.1, -0.05) is 6.42 Å². The molecule has 1 fully saturated rings. The number of halogens is 1. The van der Waals surface area contributed by atoms with Crippen LogP contribution in [0.2, 0.25) is 0 Å². The molecule has 118 valence electrons. The molecule has 0 saturated heterocycles. The first-order valence-electron chi connectivity index (χ1n) is 7.20. The highest BCUT2D eigenvalue weighted by molar-refractivity contribution is 5.85. The van der Waals surface area contributed by atoms with Crippen LogP contribution < -0.4 is 16.6 Å². The number of hydrogen-bond donors (Lipinski definition) is 3. The lowest BCUT2D eigenvalue weighted by molar-refractivity contribution is -0.126. The van der Waals surface area contributed by atoms with Crippen molar-refractivity contribution in [3.05, 3.63) is 33.2 Å². The summed E-state index contributed by atoms with van der Waals surface area (Å²) in [4.78, 5) is 26.9. The van der Waals surface area contributed by atoms with Crippen molar-refractivity contribution in [2.75, 3.05) is 6.54 Å². The van der Waals surface area contributed by atoms with E-state index in [1.165, 1.54) is 0 Å². The summed E-state index contributed by atoms with van der Waals surface area (Å²) in [5.41, 5.74) is 7.95. The summed E-state index contributed by atoms with van der Waals surface area (Å²) < 4.78 is 0. The first-order chi connectivity index (χ1) is 9.52. The minimum absolute atomic E-state index is 0. The quantitative estimate of drug-likeness (QED) is 0.785. The predicted molar refractivity (Wildman–Crippen MR) is 85.5 cm³/mol. The zero-order valence-electron chi connectivity index (χ0n) is 12.6. The van der Waals surface area contributed by atoms with Gasteiger partial charge in [-0.3, -0.25) is 9.59 Å². The van der Waals surface area contributed by atoms with Gasteiger partial charge in [-0.15, -0.1) is 12.4 Å². The Labute approximate surface area is 131 Å². The van der Waals surface area contributed by atoms with Gasteiger partial charge >= 0.3 is 0 Å². The SMILES string of the molecule is Cc1cc(C)c(CNC(=O)[C@@H]2CCC[C@@H]2CN)c(=O)[nH]1.Cl. The highest BCUT2D eigenvalue weighted by Crippen LogP contribution is 2.30. The van der Waals surface area contributed by atoms with E-state index in [0.29, 0.717) is 12.1 Å². The molecular formula is C15H24ClN3O2. The lowest BCUT2D eigenvalue weighted by Gasteiger charge is -2.17. The summed E-state index contributed by atoms with van der Waals surface area (Å²) in [6, 6.07) is 1.92. The first kappa shape index (κ1) is 17.7. The molecule has 2 atom stereocenters. The topological polar surface area (TPSA) is 88.0 Å². The molecule has 0 bridgehead atoms. The molecule has 1 aliphatic rings. The average Bonchev–Trinajstić information content (AvgIpc) is 2.85. The van der Waals surface area contributed by atoms with E-state index in [9.17, 15) is 9.59 Å². The van der Waals surface area contributed by atoms with Gasteiger partial charge in [0, 0.05) is 23.7 Å². The first-order valence-corrected chi connectivity index (χ1v) is 7.20. The highest BCUT2D eigenvalue weighted by atomic mass is 35.5. The summed E-state index contributed by atoms with van der Waals surface area (Å²) in [6.07, 6.45) is 2.99. The number of carbonyl (C=O) groups excluding carboxylic acids is 1. The van der Waals surface area contributed by atoms with Crippen molar-refractivity contribution < 1.29 is 4.79 Å². The van der Waals surface area contributed by atoms with Gasteiger partial charge in [0.1, 0.15) is 0 Å². The molecule has 1 aliphatic carbocycles. The van der Waals surface area contributed by atoms with Crippen LogP contribution in [-0.2, 0) is 11.3 Å². The molecule has 1 amide bonds. The number of amides is 1. The molecule has 1 aromatic heterocycles. The monoisotopic (exact) mass is 313 g/mol. The summed E-state index contributed by atoms with van der Waals surface area (Å²) >= 11 is 0. The van der Waals surface area contributed by atoms with E-state index in [-0.39, 0.29) is 42.3 Å². The molecule has 0 spiro atoms. The largest absolute Gasteiger partial charge is 0.352 e. The zero-order valence-corrected chi connectivity index (χ0v) is 13.4. The normalized spacial score (nSPS) is 20.9. The summed E-state index contributed by atoms with van der Waals surface area (Å²) in [5, 5.41) is 2.89. The number of nitrogens with two attached hydrogens (primary N) is 1. The second-order valence-electron chi connectivity index (χ2n) is 5.69. The maximum Gasteiger partial charge on any atom is 0.253 e. The van der Waals surface area contributed by atoms with Gasteiger partial charge < -0.3 is 16.0 Å². The van der Waals surface area contributed by atoms with Crippen LogP contribution in [0.5, 0.6) is 0 Å². The fourth-order valence-corrected chi connectivity index (χ4v) is 3.07. The van der Waals surface area contributed by atoms with Gasteiger partial charge in [0.2, 0.25) is 5.91 Å². The Morgan fingerprint density at radius 2 is 2.14 bits per heavy atom. The molecule has 1 saturated carbocycles.